The summed E-state index contributed by atoms with van der Waals surface area (Å²) < 4.78 is 33.2. The van der Waals surface area contributed by atoms with E-state index in [0.717, 1.165) is 0 Å². The number of benzene rings is 2. The van der Waals surface area contributed by atoms with Crippen LogP contribution < -0.4 is 9.64 Å². The Bertz CT molecular complexity index is 1610. The van der Waals surface area contributed by atoms with Gasteiger partial charge in [-0.3, -0.25) is 4.79 Å². The van der Waals surface area contributed by atoms with E-state index in [1.165, 1.54) is 18.1 Å². The molecule has 0 unspecified atom stereocenters. The van der Waals surface area contributed by atoms with E-state index in [-0.39, 0.29) is 36.5 Å². The van der Waals surface area contributed by atoms with Gasteiger partial charge in [-0.05, 0) is 31.5 Å². The zero-order valence-electron chi connectivity index (χ0n) is 24.4. The van der Waals surface area contributed by atoms with Crippen LogP contribution in [0.5, 0.6) is 11.5 Å². The number of aryl methyl sites for hydroxylation is 1. The molecule has 230 valence electrons. The lowest BCUT2D eigenvalue weighted by Crippen LogP contribution is -2.29. The molecule has 4 aromatic rings. The first kappa shape index (κ1) is 30.7. The largest absolute Gasteiger partial charge is 0.506 e. The third-order valence-corrected chi connectivity index (χ3v) is 7.71. The molecule has 0 saturated carbocycles. The summed E-state index contributed by atoms with van der Waals surface area (Å²) in [6.07, 6.45) is 0. The molecule has 0 saturated heterocycles. The highest BCUT2D eigenvalue weighted by Crippen LogP contribution is 2.47. The molecule has 1 atom stereocenters. The van der Waals surface area contributed by atoms with Crippen LogP contribution in [0.25, 0.3) is 21.9 Å². The average Bonchev–Trinajstić information content (AvgIpc) is 3.71. The molecule has 1 aliphatic rings. The van der Waals surface area contributed by atoms with Crippen LogP contribution >= 0.6 is 11.6 Å². The van der Waals surface area contributed by atoms with E-state index in [0.29, 0.717) is 89.8 Å². The molecular weight excluding hydrogens is 580 g/mol. The van der Waals surface area contributed by atoms with Crippen LogP contribution in [0.3, 0.4) is 0 Å². The molecule has 1 amide bonds. The zero-order valence-corrected chi connectivity index (χ0v) is 25.1. The molecule has 2 N–H and O–H groups in total. The Labute approximate surface area is 253 Å². The van der Waals surface area contributed by atoms with Crippen LogP contribution in [0, 0.1) is 6.92 Å². The third-order valence-electron chi connectivity index (χ3n) is 7.34. The zero-order chi connectivity index (χ0) is 30.5. The number of nitrogens with one attached hydrogen (secondary N) is 1. The van der Waals surface area contributed by atoms with Gasteiger partial charge in [-0.2, -0.15) is 0 Å². The van der Waals surface area contributed by atoms with Crippen molar-refractivity contribution in [1.29, 1.82) is 0 Å². The lowest BCUT2D eigenvalue weighted by molar-refractivity contribution is 0.0114. The maximum Gasteiger partial charge on any atom is 0.340 e. The first-order chi connectivity index (χ1) is 20.9. The number of furan rings is 1. The molecule has 2 aromatic heterocycles. The van der Waals surface area contributed by atoms with Crippen molar-refractivity contribution in [3.05, 3.63) is 52.9 Å². The van der Waals surface area contributed by atoms with Crippen molar-refractivity contribution < 1.29 is 42.8 Å². The Morgan fingerprint density at radius 1 is 1.09 bits per heavy atom. The van der Waals surface area contributed by atoms with E-state index in [1.54, 1.807) is 19.1 Å². The van der Waals surface area contributed by atoms with Gasteiger partial charge in [0.05, 0.1) is 56.9 Å². The van der Waals surface area contributed by atoms with Gasteiger partial charge in [-0.25, -0.2) is 4.79 Å². The standard InChI is InChI=1S/C31H35ClN2O9/c1-4-39-8-9-40-10-11-41-12-13-42-23-7-5-6-19-14-24(43-29(19)23)30(36)34-17-20(16-32)26-21(34)15-22(35)28-27(26)25(18(2)33-28)31(37)38-3/h5-7,14-15,20,33,35H,4,8-13,16-17H2,1-3H3/t20-/m1/s1. The van der Waals surface area contributed by atoms with E-state index < -0.39 is 11.9 Å². The van der Waals surface area contributed by atoms with Crippen molar-refractivity contribution in [2.45, 2.75) is 19.8 Å². The van der Waals surface area contributed by atoms with E-state index >= 15 is 0 Å². The number of hydrogen-bond acceptors (Lipinski definition) is 9. The summed E-state index contributed by atoms with van der Waals surface area (Å²) >= 11 is 6.37. The number of aromatic hydroxyl groups is 1. The highest BCUT2D eigenvalue weighted by molar-refractivity contribution is 6.20. The molecule has 11 nitrogen and oxygen atoms in total. The molecule has 0 bridgehead atoms. The number of hydrogen-bond donors (Lipinski definition) is 2. The minimum Gasteiger partial charge on any atom is -0.506 e. The van der Waals surface area contributed by atoms with Gasteiger partial charge >= 0.3 is 5.97 Å². The molecule has 0 fully saturated rings. The maximum absolute atomic E-state index is 13.9. The summed E-state index contributed by atoms with van der Waals surface area (Å²) in [6.45, 7) is 7.20. The number of methoxy groups -OCH3 is 1. The number of alkyl halides is 1. The van der Waals surface area contributed by atoms with Gasteiger partial charge in [0.15, 0.2) is 17.1 Å². The summed E-state index contributed by atoms with van der Waals surface area (Å²) in [6, 6.07) is 8.59. The number of H-pyrrole nitrogens is 1. The highest BCUT2D eigenvalue weighted by Gasteiger charge is 2.38. The maximum atomic E-state index is 13.9. The lowest BCUT2D eigenvalue weighted by Gasteiger charge is -2.16. The number of rotatable bonds is 14. The number of nitrogens with zero attached hydrogens (tertiary/aromatic N) is 1. The predicted molar refractivity (Wildman–Crippen MR) is 161 cm³/mol. The number of para-hydroxylation sites is 1. The SMILES string of the molecule is CCOCCOCCOCCOc1cccc2cc(C(=O)N3C[C@@H](CCl)c4c3cc(O)c3[nH]c(C)c(C(=O)OC)c43)oc12. The van der Waals surface area contributed by atoms with Gasteiger partial charge in [0.1, 0.15) is 12.4 Å². The van der Waals surface area contributed by atoms with Gasteiger partial charge in [-0.1, -0.05) is 12.1 Å². The molecule has 0 aliphatic carbocycles. The van der Waals surface area contributed by atoms with Crippen LogP contribution in [-0.4, -0.2) is 87.7 Å². The Balaban J connectivity index is 1.33. The summed E-state index contributed by atoms with van der Waals surface area (Å²) in [5, 5.41) is 12.1. The van der Waals surface area contributed by atoms with Crippen molar-refractivity contribution in [2.24, 2.45) is 0 Å². The number of carbonyl (C=O) groups is 2. The number of carbonyl (C=O) groups excluding carboxylic acids is 2. The number of halogens is 1. The molecule has 1 aliphatic heterocycles. The number of fused-ring (bicyclic) bond motifs is 4. The van der Waals surface area contributed by atoms with E-state index in [9.17, 15) is 14.7 Å². The summed E-state index contributed by atoms with van der Waals surface area (Å²) in [7, 11) is 1.30. The van der Waals surface area contributed by atoms with Crippen LogP contribution in [0.2, 0.25) is 0 Å². The molecule has 0 spiro atoms. The number of anilines is 1. The Morgan fingerprint density at radius 2 is 1.81 bits per heavy atom. The van der Waals surface area contributed by atoms with Gasteiger partial charge < -0.3 is 43.1 Å². The summed E-state index contributed by atoms with van der Waals surface area (Å²) in [4.78, 5) is 31.1. The van der Waals surface area contributed by atoms with Crippen LogP contribution in [0.15, 0.2) is 34.7 Å². The second-order valence-corrected chi connectivity index (χ2v) is 10.3. The number of phenols is 1. The second kappa shape index (κ2) is 13.7. The first-order valence-corrected chi connectivity index (χ1v) is 14.7. The minimum absolute atomic E-state index is 0.0976. The van der Waals surface area contributed by atoms with Crippen molar-refractivity contribution in [3.8, 4) is 11.5 Å². The molecular formula is C31H35ClN2O9. The Hall–Kier alpha value is -3.77. The number of ether oxygens (including phenoxy) is 5. The van der Waals surface area contributed by atoms with E-state index in [1.807, 2.05) is 19.1 Å². The fourth-order valence-corrected chi connectivity index (χ4v) is 5.65. The highest BCUT2D eigenvalue weighted by atomic mass is 35.5. The van der Waals surface area contributed by atoms with Crippen molar-refractivity contribution in [3.63, 3.8) is 0 Å². The summed E-state index contributed by atoms with van der Waals surface area (Å²) in [5.74, 6) is -0.560. The number of amides is 1. The number of esters is 1. The molecule has 2 aromatic carbocycles. The van der Waals surface area contributed by atoms with Gasteiger partial charge in [0, 0.05) is 47.5 Å². The Morgan fingerprint density at radius 3 is 2.51 bits per heavy atom. The first-order valence-electron chi connectivity index (χ1n) is 14.1. The smallest absolute Gasteiger partial charge is 0.340 e. The normalized spacial score (nSPS) is 14.5. The molecule has 5 rings (SSSR count). The van der Waals surface area contributed by atoms with Gasteiger partial charge in [0.25, 0.3) is 5.91 Å². The number of phenolic OH excluding ortho intramolecular Hbond substituents is 1. The summed E-state index contributed by atoms with van der Waals surface area (Å²) in [5.41, 5.74) is 2.83. The fourth-order valence-electron chi connectivity index (χ4n) is 5.40. The van der Waals surface area contributed by atoms with Gasteiger partial charge in [-0.15, -0.1) is 11.6 Å². The molecule has 0 radical (unpaired) electrons. The topological polar surface area (TPSA) is 133 Å². The van der Waals surface area contributed by atoms with Crippen LogP contribution in [0.1, 0.15) is 45.0 Å². The number of aromatic amines is 1. The van der Waals surface area contributed by atoms with E-state index in [4.69, 9.17) is 39.7 Å². The molecule has 3 heterocycles. The quantitative estimate of drug-likeness (QED) is 0.112. The molecule has 12 heteroatoms. The third kappa shape index (κ3) is 6.16. The Kier molecular flexibility index (Phi) is 9.76. The van der Waals surface area contributed by atoms with Crippen molar-refractivity contribution in [1.82, 2.24) is 4.98 Å². The average molecular weight is 615 g/mol. The van der Waals surface area contributed by atoms with Crippen LogP contribution in [-0.2, 0) is 18.9 Å². The van der Waals surface area contributed by atoms with Crippen molar-refractivity contribution >= 4 is 51.0 Å². The second-order valence-electron chi connectivity index (χ2n) is 10.0. The fraction of sp³-hybridized carbons (Fsp3) is 0.419. The minimum atomic E-state index is -0.546. The lowest BCUT2D eigenvalue weighted by atomic mass is 9.95. The van der Waals surface area contributed by atoms with E-state index in [2.05, 4.69) is 4.98 Å². The monoisotopic (exact) mass is 614 g/mol. The van der Waals surface area contributed by atoms with Crippen molar-refractivity contribution in [2.75, 3.05) is 70.7 Å². The predicted octanol–water partition coefficient (Wildman–Crippen LogP) is 5.15. The molecule has 43 heavy (non-hydrogen) atoms. The number of aromatic nitrogens is 1. The van der Waals surface area contributed by atoms with Crippen LogP contribution in [0.4, 0.5) is 5.69 Å². The van der Waals surface area contributed by atoms with Gasteiger partial charge in [0.2, 0.25) is 0 Å².